The van der Waals surface area contributed by atoms with Crippen molar-refractivity contribution in [1.82, 2.24) is 0 Å². The summed E-state index contributed by atoms with van der Waals surface area (Å²) in [7, 11) is 0. The third-order valence-corrected chi connectivity index (χ3v) is 5.27. The lowest BCUT2D eigenvalue weighted by atomic mass is 9.79. The number of carbonyl (C=O) groups excluding carboxylic acids is 1. The molecule has 2 saturated carbocycles. The molecule has 0 aromatic carbocycles. The summed E-state index contributed by atoms with van der Waals surface area (Å²) < 4.78 is 159. The van der Waals surface area contributed by atoms with Crippen LogP contribution in [0.3, 0.4) is 0 Å². The fraction of sp³-hybridized carbons (Fsp3) is 0.800. The Labute approximate surface area is 154 Å². The molecule has 0 aromatic rings. The van der Waals surface area contributed by atoms with Gasteiger partial charge in [-0.3, -0.25) is 0 Å². The molecule has 2 nitrogen and oxygen atoms in total. The highest BCUT2D eigenvalue weighted by molar-refractivity contribution is 5.89. The lowest BCUT2D eigenvalue weighted by Gasteiger charge is -2.40. The van der Waals surface area contributed by atoms with E-state index in [1.807, 2.05) is 0 Å². The first-order valence-electron chi connectivity index (χ1n) is 7.92. The molecule has 2 bridgehead atoms. The van der Waals surface area contributed by atoms with Crippen molar-refractivity contribution >= 4 is 5.97 Å². The van der Waals surface area contributed by atoms with Crippen LogP contribution in [0.15, 0.2) is 12.2 Å². The number of fused-ring (bicyclic) bond motifs is 2. The topological polar surface area (TPSA) is 26.3 Å². The molecule has 0 amide bonds. The van der Waals surface area contributed by atoms with Crippen LogP contribution in [-0.2, 0) is 9.53 Å². The van der Waals surface area contributed by atoms with Crippen molar-refractivity contribution < 1.29 is 62.2 Å². The summed E-state index contributed by atoms with van der Waals surface area (Å²) in [5, 5.41) is 0. The minimum absolute atomic E-state index is 0.412. The van der Waals surface area contributed by atoms with Gasteiger partial charge in [-0.2, -0.15) is 52.7 Å². The highest BCUT2D eigenvalue weighted by atomic mass is 19.4. The second-order valence-corrected chi connectivity index (χ2v) is 7.02. The van der Waals surface area contributed by atoms with Crippen molar-refractivity contribution in [3.63, 3.8) is 0 Å². The Morgan fingerprint density at radius 2 is 1.28 bits per heavy atom. The molecule has 168 valence electrons. The summed E-state index contributed by atoms with van der Waals surface area (Å²) in [6.07, 6.45) is -15.6. The van der Waals surface area contributed by atoms with E-state index in [1.54, 1.807) is 0 Å². The zero-order chi connectivity index (χ0) is 22.8. The zero-order valence-corrected chi connectivity index (χ0v) is 14.0. The van der Waals surface area contributed by atoms with Gasteiger partial charge in [-0.05, 0) is 31.1 Å². The number of alkyl halides is 12. The van der Waals surface area contributed by atoms with Crippen LogP contribution in [-0.4, -0.2) is 42.2 Å². The van der Waals surface area contributed by atoms with E-state index in [0.717, 1.165) is 0 Å². The van der Waals surface area contributed by atoms with Crippen LogP contribution in [0.1, 0.15) is 19.3 Å². The number of carbonyl (C=O) groups is 1. The fourth-order valence-corrected chi connectivity index (χ4v) is 3.76. The van der Waals surface area contributed by atoms with Crippen molar-refractivity contribution in [2.24, 2.45) is 17.8 Å². The molecule has 0 radical (unpaired) electrons. The standard InChI is InChI=1S/C15H12F12O2/c1-5(12(18,19)20)10(28)29-9-4-6-2-7(9)3-8(6)11(16,17)13(21,22)14(23,24)15(25,26)27/h6-9H,1-4H2. The summed E-state index contributed by atoms with van der Waals surface area (Å²) in [6.45, 7) is 2.46. The van der Waals surface area contributed by atoms with E-state index >= 15 is 0 Å². The molecule has 2 fully saturated rings. The lowest BCUT2D eigenvalue weighted by molar-refractivity contribution is -0.405. The molecule has 14 heteroatoms. The first-order valence-corrected chi connectivity index (χ1v) is 7.92. The van der Waals surface area contributed by atoms with Crippen molar-refractivity contribution in [2.75, 3.05) is 0 Å². The minimum Gasteiger partial charge on any atom is -0.458 e. The summed E-state index contributed by atoms with van der Waals surface area (Å²) in [5.41, 5.74) is -1.90. The van der Waals surface area contributed by atoms with E-state index in [-0.39, 0.29) is 0 Å². The third-order valence-electron chi connectivity index (χ3n) is 5.27. The Balaban J connectivity index is 2.14. The van der Waals surface area contributed by atoms with E-state index in [2.05, 4.69) is 11.3 Å². The summed E-state index contributed by atoms with van der Waals surface area (Å²) in [4.78, 5) is 11.4. The maximum Gasteiger partial charge on any atom is 0.460 e. The van der Waals surface area contributed by atoms with Gasteiger partial charge >= 0.3 is 36.1 Å². The summed E-state index contributed by atoms with van der Waals surface area (Å²) in [5.74, 6) is -26.8. The van der Waals surface area contributed by atoms with Gasteiger partial charge in [-0.1, -0.05) is 6.58 Å². The molecule has 4 unspecified atom stereocenters. The van der Waals surface area contributed by atoms with E-state index in [4.69, 9.17) is 0 Å². The molecule has 2 rings (SSSR count). The predicted octanol–water partition coefficient (Wildman–Crippen LogP) is 5.53. The Kier molecular flexibility index (Phi) is 5.45. The maximum atomic E-state index is 14.1. The first-order chi connectivity index (χ1) is 12.7. The van der Waals surface area contributed by atoms with Gasteiger partial charge in [0.1, 0.15) is 11.7 Å². The van der Waals surface area contributed by atoms with Crippen LogP contribution in [0.2, 0.25) is 0 Å². The van der Waals surface area contributed by atoms with Gasteiger partial charge < -0.3 is 4.74 Å². The van der Waals surface area contributed by atoms with Crippen LogP contribution >= 0.6 is 0 Å². The van der Waals surface area contributed by atoms with Crippen LogP contribution < -0.4 is 0 Å². The number of rotatable bonds is 5. The molecule has 0 spiro atoms. The van der Waals surface area contributed by atoms with E-state index in [1.165, 1.54) is 0 Å². The summed E-state index contributed by atoms with van der Waals surface area (Å²) in [6, 6.07) is 0. The number of esters is 1. The van der Waals surface area contributed by atoms with Gasteiger partial charge in [-0.25, -0.2) is 4.79 Å². The molecule has 0 aliphatic heterocycles. The predicted molar refractivity (Wildman–Crippen MR) is 70.3 cm³/mol. The van der Waals surface area contributed by atoms with Gasteiger partial charge in [0.15, 0.2) is 0 Å². The van der Waals surface area contributed by atoms with Gasteiger partial charge in [0.2, 0.25) is 0 Å². The van der Waals surface area contributed by atoms with Gasteiger partial charge in [0.05, 0.1) is 0 Å². The second kappa shape index (κ2) is 6.69. The Morgan fingerprint density at radius 1 is 0.759 bits per heavy atom. The van der Waals surface area contributed by atoms with Gasteiger partial charge in [0, 0.05) is 5.92 Å². The summed E-state index contributed by atoms with van der Waals surface area (Å²) >= 11 is 0. The van der Waals surface area contributed by atoms with Crippen molar-refractivity contribution in [3.05, 3.63) is 12.2 Å². The van der Waals surface area contributed by atoms with E-state index in [9.17, 15) is 57.5 Å². The largest absolute Gasteiger partial charge is 0.460 e. The van der Waals surface area contributed by atoms with Gasteiger partial charge in [0.25, 0.3) is 0 Å². The van der Waals surface area contributed by atoms with Crippen molar-refractivity contribution in [1.29, 1.82) is 0 Å². The molecule has 2 aliphatic carbocycles. The van der Waals surface area contributed by atoms with Crippen LogP contribution in [0.25, 0.3) is 0 Å². The smallest absolute Gasteiger partial charge is 0.458 e. The third kappa shape index (κ3) is 3.66. The minimum atomic E-state index is -7.01. The number of hydrogen-bond donors (Lipinski definition) is 0. The quantitative estimate of drug-likeness (QED) is 0.312. The van der Waals surface area contributed by atoms with Crippen LogP contribution in [0.5, 0.6) is 0 Å². The van der Waals surface area contributed by atoms with Crippen molar-refractivity contribution in [3.8, 4) is 0 Å². The highest BCUT2D eigenvalue weighted by Crippen LogP contribution is 2.62. The molecule has 0 heterocycles. The SMILES string of the molecule is C=C(C(=O)OC1CC2CC1CC2C(F)(F)C(F)(F)C(F)(F)C(F)(F)F)C(F)(F)F. The molecule has 0 N–H and O–H groups in total. The van der Waals surface area contributed by atoms with Crippen molar-refractivity contribution in [2.45, 2.75) is 55.5 Å². The van der Waals surface area contributed by atoms with E-state index in [0.29, 0.717) is 0 Å². The highest BCUT2D eigenvalue weighted by Gasteiger charge is 2.83. The molecule has 0 aromatic heterocycles. The molecule has 4 atom stereocenters. The molecular weight excluding hydrogens is 440 g/mol. The number of ether oxygens (including phenoxy) is 1. The van der Waals surface area contributed by atoms with Crippen LogP contribution in [0.4, 0.5) is 52.7 Å². The zero-order valence-electron chi connectivity index (χ0n) is 14.0. The average Bonchev–Trinajstić information content (AvgIpc) is 3.11. The monoisotopic (exact) mass is 452 g/mol. The Hall–Kier alpha value is -1.63. The molecule has 0 saturated heterocycles. The Bertz CT molecular complexity index is 678. The van der Waals surface area contributed by atoms with Gasteiger partial charge in [-0.15, -0.1) is 0 Å². The van der Waals surface area contributed by atoms with E-state index < -0.39 is 84.8 Å². The Morgan fingerprint density at radius 3 is 1.66 bits per heavy atom. The second-order valence-electron chi connectivity index (χ2n) is 7.02. The maximum absolute atomic E-state index is 14.1. The normalized spacial score (nSPS) is 28.6. The fourth-order valence-electron chi connectivity index (χ4n) is 3.76. The van der Waals surface area contributed by atoms with Crippen LogP contribution in [0, 0.1) is 17.8 Å². The average molecular weight is 452 g/mol. The number of hydrogen-bond acceptors (Lipinski definition) is 2. The molecule has 2 aliphatic rings. The molecular formula is C15H12F12O2. The lowest BCUT2D eigenvalue weighted by Crippen LogP contribution is -2.63. The first kappa shape index (κ1) is 23.6. The number of halogens is 12. The molecule has 29 heavy (non-hydrogen) atoms.